The number of benzene rings is 2. The lowest BCUT2D eigenvalue weighted by Gasteiger charge is -2.12. The molecule has 166 valence electrons. The van der Waals surface area contributed by atoms with Gasteiger partial charge < -0.3 is 20.7 Å². The molecule has 3 N–H and O–H groups in total. The molecule has 0 aliphatic carbocycles. The number of pyridine rings is 1. The first-order valence-electron chi connectivity index (χ1n) is 10.3. The molecule has 0 unspecified atom stereocenters. The Morgan fingerprint density at radius 2 is 1.64 bits per heavy atom. The lowest BCUT2D eigenvalue weighted by molar-refractivity contribution is 0.301. The molecule has 0 aliphatic heterocycles. The van der Waals surface area contributed by atoms with Gasteiger partial charge in [-0.3, -0.25) is 4.98 Å². The summed E-state index contributed by atoms with van der Waals surface area (Å²) in [5.74, 6) is 1.88. The molecule has 4 rings (SSSR count). The molecule has 4 aromatic rings. The summed E-state index contributed by atoms with van der Waals surface area (Å²) in [6.45, 7) is 4.76. The summed E-state index contributed by atoms with van der Waals surface area (Å²) in [6, 6.07) is 20.9. The van der Waals surface area contributed by atoms with Crippen LogP contribution in [0.3, 0.4) is 0 Å². The number of nitrogens with zero attached hydrogens (tertiary/aromatic N) is 3. The molecule has 8 heteroatoms. The molecule has 2 aromatic carbocycles. The topological polar surface area (TPSA) is 84.0 Å². The Kier molecular flexibility index (Phi) is 7.35. The van der Waals surface area contributed by atoms with Gasteiger partial charge in [-0.05, 0) is 48.5 Å². The fourth-order valence-corrected chi connectivity index (χ4v) is 3.25. The molecular formula is C25H23ClN6O. The normalized spacial score (nSPS) is 10.3. The molecular weight excluding hydrogens is 436 g/mol. The quantitative estimate of drug-likeness (QED) is 0.244. The number of hydrogen-bond acceptors (Lipinski definition) is 7. The van der Waals surface area contributed by atoms with Crippen molar-refractivity contribution in [2.45, 2.75) is 6.61 Å². The zero-order chi connectivity index (χ0) is 22.9. The molecule has 0 amide bonds. The minimum Gasteiger partial charge on any atom is -0.486 e. The van der Waals surface area contributed by atoms with E-state index in [1.54, 1.807) is 12.3 Å². The maximum absolute atomic E-state index is 6.41. The standard InChI is InChI=1S/C25H23ClN6O/c1-2-11-27-18-7-5-8-19(13-18)31-24-15-25(30-17-29-24)32-20-9-10-23(22(26)14-20)33-16-21-6-3-4-12-28-21/h2-10,12-15,17,27H,1,11,16H2,(H2,29,30,31,32). The van der Waals surface area contributed by atoms with Crippen LogP contribution in [0.2, 0.25) is 5.02 Å². The summed E-state index contributed by atoms with van der Waals surface area (Å²) in [6.07, 6.45) is 5.04. The van der Waals surface area contributed by atoms with Crippen LogP contribution in [0.1, 0.15) is 5.69 Å². The van der Waals surface area contributed by atoms with Crippen molar-refractivity contribution < 1.29 is 4.74 Å². The zero-order valence-electron chi connectivity index (χ0n) is 17.8. The molecule has 0 fully saturated rings. The third-order valence-electron chi connectivity index (χ3n) is 4.56. The molecule has 0 saturated carbocycles. The first-order valence-corrected chi connectivity index (χ1v) is 10.7. The van der Waals surface area contributed by atoms with Crippen LogP contribution in [0.4, 0.5) is 28.7 Å². The Hall–Kier alpha value is -4.10. The van der Waals surface area contributed by atoms with Gasteiger partial charge in [0, 0.05) is 35.9 Å². The van der Waals surface area contributed by atoms with E-state index in [9.17, 15) is 0 Å². The molecule has 0 spiro atoms. The largest absolute Gasteiger partial charge is 0.486 e. The molecule has 2 aromatic heterocycles. The van der Waals surface area contributed by atoms with Gasteiger partial charge in [-0.25, -0.2) is 9.97 Å². The second-order valence-corrected chi connectivity index (χ2v) is 7.45. The predicted octanol–water partition coefficient (Wildman–Crippen LogP) is 6.19. The smallest absolute Gasteiger partial charge is 0.138 e. The molecule has 0 saturated heterocycles. The SMILES string of the molecule is C=CCNc1cccc(Nc2cc(Nc3ccc(OCc4ccccn4)c(Cl)c3)ncn2)c1. The number of hydrogen-bond donors (Lipinski definition) is 3. The van der Waals surface area contributed by atoms with E-state index in [-0.39, 0.29) is 0 Å². The number of halogens is 1. The molecule has 33 heavy (non-hydrogen) atoms. The maximum Gasteiger partial charge on any atom is 0.138 e. The van der Waals surface area contributed by atoms with Crippen molar-refractivity contribution in [2.24, 2.45) is 0 Å². The van der Waals surface area contributed by atoms with Crippen molar-refractivity contribution in [1.82, 2.24) is 15.0 Å². The van der Waals surface area contributed by atoms with Gasteiger partial charge in [0.05, 0.1) is 10.7 Å². The highest BCUT2D eigenvalue weighted by Crippen LogP contribution is 2.30. The van der Waals surface area contributed by atoms with Gasteiger partial charge >= 0.3 is 0 Å². The second kappa shape index (κ2) is 11.0. The molecule has 2 heterocycles. The monoisotopic (exact) mass is 458 g/mol. The Morgan fingerprint density at radius 1 is 0.848 bits per heavy atom. The number of nitrogens with one attached hydrogen (secondary N) is 3. The van der Waals surface area contributed by atoms with E-state index < -0.39 is 0 Å². The van der Waals surface area contributed by atoms with E-state index in [4.69, 9.17) is 16.3 Å². The zero-order valence-corrected chi connectivity index (χ0v) is 18.6. The fraction of sp³-hybridized carbons (Fsp3) is 0.0800. The molecule has 0 bridgehead atoms. The summed E-state index contributed by atoms with van der Waals surface area (Å²) in [7, 11) is 0. The van der Waals surface area contributed by atoms with E-state index >= 15 is 0 Å². The molecule has 0 aliphatic rings. The minimum absolute atomic E-state index is 0.346. The third kappa shape index (κ3) is 6.44. The molecule has 7 nitrogen and oxygen atoms in total. The van der Waals surface area contributed by atoms with Gasteiger partial charge in [-0.15, -0.1) is 6.58 Å². The van der Waals surface area contributed by atoms with E-state index in [1.165, 1.54) is 6.33 Å². The number of rotatable bonds is 10. The van der Waals surface area contributed by atoms with Crippen LogP contribution in [-0.4, -0.2) is 21.5 Å². The first-order chi connectivity index (χ1) is 16.2. The summed E-state index contributed by atoms with van der Waals surface area (Å²) in [5, 5.41) is 10.3. The lowest BCUT2D eigenvalue weighted by atomic mass is 10.2. The van der Waals surface area contributed by atoms with Gasteiger partial charge in [-0.2, -0.15) is 0 Å². The first kappa shape index (κ1) is 22.1. The Labute approximate surface area is 197 Å². The molecule has 0 atom stereocenters. The number of ether oxygens (including phenoxy) is 1. The third-order valence-corrected chi connectivity index (χ3v) is 4.85. The minimum atomic E-state index is 0.346. The van der Waals surface area contributed by atoms with Crippen LogP contribution < -0.4 is 20.7 Å². The van der Waals surface area contributed by atoms with E-state index in [1.807, 2.05) is 66.7 Å². The highest BCUT2D eigenvalue weighted by atomic mass is 35.5. The average molecular weight is 459 g/mol. The fourth-order valence-electron chi connectivity index (χ4n) is 3.02. The summed E-state index contributed by atoms with van der Waals surface area (Å²) >= 11 is 6.41. The number of anilines is 5. The van der Waals surface area contributed by atoms with Crippen molar-refractivity contribution in [2.75, 3.05) is 22.5 Å². The van der Waals surface area contributed by atoms with Crippen molar-refractivity contribution in [3.8, 4) is 5.75 Å². The van der Waals surface area contributed by atoms with Gasteiger partial charge in [0.15, 0.2) is 0 Å². The Morgan fingerprint density at radius 3 is 2.36 bits per heavy atom. The molecule has 0 radical (unpaired) electrons. The highest BCUT2D eigenvalue weighted by Gasteiger charge is 2.06. The summed E-state index contributed by atoms with van der Waals surface area (Å²) in [5.41, 5.74) is 3.52. The highest BCUT2D eigenvalue weighted by molar-refractivity contribution is 6.32. The average Bonchev–Trinajstić information content (AvgIpc) is 2.83. The van der Waals surface area contributed by atoms with Crippen LogP contribution in [0.25, 0.3) is 0 Å². The van der Waals surface area contributed by atoms with Gasteiger partial charge in [-0.1, -0.05) is 29.8 Å². The summed E-state index contributed by atoms with van der Waals surface area (Å²) < 4.78 is 5.78. The van der Waals surface area contributed by atoms with Gasteiger partial charge in [0.2, 0.25) is 0 Å². The second-order valence-electron chi connectivity index (χ2n) is 7.04. The Bertz CT molecular complexity index is 1220. The lowest BCUT2D eigenvalue weighted by Crippen LogP contribution is -2.01. The van der Waals surface area contributed by atoms with Crippen LogP contribution in [0.15, 0.2) is 91.9 Å². The Balaban J connectivity index is 1.40. The van der Waals surface area contributed by atoms with E-state index in [2.05, 4.69) is 37.5 Å². The van der Waals surface area contributed by atoms with Crippen molar-refractivity contribution in [1.29, 1.82) is 0 Å². The van der Waals surface area contributed by atoms with Gasteiger partial charge in [0.1, 0.15) is 30.3 Å². The van der Waals surface area contributed by atoms with Crippen molar-refractivity contribution in [3.63, 3.8) is 0 Å². The maximum atomic E-state index is 6.41. The van der Waals surface area contributed by atoms with Crippen LogP contribution in [-0.2, 0) is 6.61 Å². The van der Waals surface area contributed by atoms with Crippen LogP contribution in [0, 0.1) is 0 Å². The summed E-state index contributed by atoms with van der Waals surface area (Å²) in [4.78, 5) is 12.8. The van der Waals surface area contributed by atoms with Crippen molar-refractivity contribution in [3.05, 3.63) is 103 Å². The van der Waals surface area contributed by atoms with Crippen molar-refractivity contribution >= 4 is 40.3 Å². The van der Waals surface area contributed by atoms with Crippen LogP contribution in [0.5, 0.6) is 5.75 Å². The van der Waals surface area contributed by atoms with Crippen LogP contribution >= 0.6 is 11.6 Å². The predicted molar refractivity (Wildman–Crippen MR) is 134 cm³/mol. The van der Waals surface area contributed by atoms with E-state index in [0.717, 1.165) is 22.8 Å². The number of aromatic nitrogens is 3. The van der Waals surface area contributed by atoms with E-state index in [0.29, 0.717) is 35.6 Å². The van der Waals surface area contributed by atoms with Gasteiger partial charge in [0.25, 0.3) is 0 Å².